The topological polar surface area (TPSA) is 87.5 Å². The summed E-state index contributed by atoms with van der Waals surface area (Å²) >= 11 is 7.22. The fourth-order valence-electron chi connectivity index (χ4n) is 2.80. The number of hydrogen-bond donors (Lipinski definition) is 1. The molecule has 0 aliphatic carbocycles. The maximum absolute atomic E-state index is 12.2. The third kappa shape index (κ3) is 4.80. The highest BCUT2D eigenvalue weighted by atomic mass is 35.5. The van der Waals surface area contributed by atoms with E-state index >= 15 is 0 Å². The number of halogens is 1. The molecule has 0 saturated carbocycles. The Bertz CT molecular complexity index is 1030. The van der Waals surface area contributed by atoms with Crippen LogP contribution in [0.1, 0.15) is 0 Å². The lowest BCUT2D eigenvalue weighted by molar-refractivity contribution is -0.113. The Morgan fingerprint density at radius 1 is 1.10 bits per heavy atom. The molecule has 1 heterocycles. The number of amides is 1. The summed E-state index contributed by atoms with van der Waals surface area (Å²) in [5.74, 6) is 2.15. The minimum atomic E-state index is -0.167. The van der Waals surface area contributed by atoms with Gasteiger partial charge in [-0.05, 0) is 30.3 Å². The molecule has 158 valence electrons. The highest BCUT2D eigenvalue weighted by Gasteiger charge is 2.18. The summed E-state index contributed by atoms with van der Waals surface area (Å²) in [6, 6.07) is 10.6. The standard InChI is InChI=1S/C20H21ClN4O4S/c1-25-19(12-8-15(27-2)18(29-4)16(9-12)28-3)23-24-20(25)30-11-17(26)22-14-7-5-6-13(21)10-14/h5-10H,11H2,1-4H3,(H,22,26). The molecule has 0 aliphatic heterocycles. The van der Waals surface area contributed by atoms with Crippen molar-refractivity contribution in [2.24, 2.45) is 7.05 Å². The molecule has 0 radical (unpaired) electrons. The van der Waals surface area contributed by atoms with E-state index in [4.69, 9.17) is 25.8 Å². The van der Waals surface area contributed by atoms with Gasteiger partial charge in [-0.1, -0.05) is 29.4 Å². The normalized spacial score (nSPS) is 10.6. The van der Waals surface area contributed by atoms with Crippen molar-refractivity contribution in [2.75, 3.05) is 32.4 Å². The molecular formula is C20H21ClN4O4S. The minimum Gasteiger partial charge on any atom is -0.493 e. The van der Waals surface area contributed by atoms with Crippen LogP contribution in [0.4, 0.5) is 5.69 Å². The van der Waals surface area contributed by atoms with Gasteiger partial charge in [-0.15, -0.1) is 10.2 Å². The molecule has 3 aromatic rings. The molecular weight excluding hydrogens is 428 g/mol. The lowest BCUT2D eigenvalue weighted by atomic mass is 10.1. The van der Waals surface area contributed by atoms with Gasteiger partial charge in [-0.25, -0.2) is 0 Å². The zero-order valence-electron chi connectivity index (χ0n) is 16.9. The second kappa shape index (κ2) is 9.73. The van der Waals surface area contributed by atoms with Crippen LogP contribution in [0.3, 0.4) is 0 Å². The van der Waals surface area contributed by atoms with Crippen LogP contribution in [0, 0.1) is 0 Å². The lowest BCUT2D eigenvalue weighted by Gasteiger charge is -2.14. The molecule has 1 N–H and O–H groups in total. The van der Waals surface area contributed by atoms with E-state index in [1.807, 2.05) is 7.05 Å². The second-order valence-electron chi connectivity index (χ2n) is 6.13. The van der Waals surface area contributed by atoms with Crippen LogP contribution in [0.2, 0.25) is 5.02 Å². The molecule has 3 rings (SSSR count). The Kier molecular flexibility index (Phi) is 7.07. The molecule has 0 atom stereocenters. The quantitative estimate of drug-likeness (QED) is 0.523. The first-order valence-electron chi connectivity index (χ1n) is 8.84. The van der Waals surface area contributed by atoms with Gasteiger partial charge in [0.1, 0.15) is 0 Å². The Morgan fingerprint density at radius 2 is 1.80 bits per heavy atom. The average Bonchev–Trinajstić information content (AvgIpc) is 3.11. The zero-order chi connectivity index (χ0) is 21.7. The van der Waals surface area contributed by atoms with Crippen molar-refractivity contribution < 1.29 is 19.0 Å². The van der Waals surface area contributed by atoms with E-state index in [-0.39, 0.29) is 11.7 Å². The fraction of sp³-hybridized carbons (Fsp3) is 0.250. The molecule has 0 saturated heterocycles. The third-order valence-corrected chi connectivity index (χ3v) is 5.45. The lowest BCUT2D eigenvalue weighted by Crippen LogP contribution is -2.14. The van der Waals surface area contributed by atoms with E-state index in [0.717, 1.165) is 5.56 Å². The van der Waals surface area contributed by atoms with Crippen LogP contribution < -0.4 is 19.5 Å². The Labute approximate surface area is 183 Å². The molecule has 0 bridgehead atoms. The van der Waals surface area contributed by atoms with Crippen molar-refractivity contribution in [3.8, 4) is 28.6 Å². The average molecular weight is 449 g/mol. The van der Waals surface area contributed by atoms with Gasteiger partial charge in [0, 0.05) is 23.3 Å². The number of anilines is 1. The van der Waals surface area contributed by atoms with Gasteiger partial charge >= 0.3 is 0 Å². The van der Waals surface area contributed by atoms with E-state index < -0.39 is 0 Å². The summed E-state index contributed by atoms with van der Waals surface area (Å²) in [6.07, 6.45) is 0. The summed E-state index contributed by atoms with van der Waals surface area (Å²) in [4.78, 5) is 12.2. The predicted octanol–water partition coefficient (Wildman–Crippen LogP) is 3.89. The largest absolute Gasteiger partial charge is 0.493 e. The van der Waals surface area contributed by atoms with Crippen LogP contribution in [-0.4, -0.2) is 47.8 Å². The summed E-state index contributed by atoms with van der Waals surface area (Å²) in [6.45, 7) is 0. The number of methoxy groups -OCH3 is 3. The summed E-state index contributed by atoms with van der Waals surface area (Å²) in [5.41, 5.74) is 1.39. The molecule has 0 unspecified atom stereocenters. The van der Waals surface area contributed by atoms with E-state index in [1.54, 1.807) is 62.3 Å². The first-order valence-corrected chi connectivity index (χ1v) is 10.2. The molecule has 10 heteroatoms. The number of ether oxygens (including phenoxy) is 3. The Balaban J connectivity index is 1.75. The SMILES string of the molecule is COc1cc(-c2nnc(SCC(=O)Nc3cccc(Cl)c3)n2C)cc(OC)c1OC. The van der Waals surface area contributed by atoms with Crippen molar-refractivity contribution >= 4 is 35.0 Å². The van der Waals surface area contributed by atoms with Crippen molar-refractivity contribution in [1.29, 1.82) is 0 Å². The number of nitrogens with one attached hydrogen (secondary N) is 1. The molecule has 2 aromatic carbocycles. The highest BCUT2D eigenvalue weighted by Crippen LogP contribution is 2.41. The number of nitrogens with zero attached hydrogens (tertiary/aromatic N) is 3. The Hall–Kier alpha value is -2.91. The van der Waals surface area contributed by atoms with Gasteiger partial charge in [0.25, 0.3) is 0 Å². The first kappa shape index (κ1) is 21.8. The van der Waals surface area contributed by atoms with E-state index in [1.165, 1.54) is 11.8 Å². The smallest absolute Gasteiger partial charge is 0.234 e. The highest BCUT2D eigenvalue weighted by molar-refractivity contribution is 7.99. The molecule has 1 aromatic heterocycles. The fourth-order valence-corrected chi connectivity index (χ4v) is 3.70. The first-order chi connectivity index (χ1) is 14.5. The van der Waals surface area contributed by atoms with Crippen molar-refractivity contribution in [3.05, 3.63) is 41.4 Å². The molecule has 1 amide bonds. The van der Waals surface area contributed by atoms with E-state index in [2.05, 4.69) is 15.5 Å². The van der Waals surface area contributed by atoms with Gasteiger partial charge < -0.3 is 24.1 Å². The number of carbonyl (C=O) groups excluding carboxylic acids is 1. The molecule has 8 nitrogen and oxygen atoms in total. The number of benzene rings is 2. The minimum absolute atomic E-state index is 0.167. The van der Waals surface area contributed by atoms with Crippen molar-refractivity contribution in [3.63, 3.8) is 0 Å². The number of rotatable bonds is 8. The predicted molar refractivity (Wildman–Crippen MR) is 117 cm³/mol. The molecule has 0 aliphatic rings. The number of aromatic nitrogens is 3. The maximum atomic E-state index is 12.2. The number of carbonyl (C=O) groups is 1. The molecule has 0 spiro atoms. The number of hydrogen-bond acceptors (Lipinski definition) is 7. The monoisotopic (exact) mass is 448 g/mol. The summed E-state index contributed by atoms with van der Waals surface area (Å²) in [5, 5.41) is 12.4. The summed E-state index contributed by atoms with van der Waals surface area (Å²) in [7, 11) is 6.48. The van der Waals surface area contributed by atoms with Gasteiger partial charge in [0.05, 0.1) is 27.1 Å². The van der Waals surface area contributed by atoms with Gasteiger partial charge in [0.2, 0.25) is 11.7 Å². The van der Waals surface area contributed by atoms with Crippen LogP contribution in [0.25, 0.3) is 11.4 Å². The zero-order valence-corrected chi connectivity index (χ0v) is 18.5. The Morgan fingerprint density at radius 3 is 2.40 bits per heavy atom. The number of thioether (sulfide) groups is 1. The summed E-state index contributed by atoms with van der Waals surface area (Å²) < 4.78 is 18.0. The van der Waals surface area contributed by atoms with E-state index in [0.29, 0.717) is 38.9 Å². The van der Waals surface area contributed by atoms with Crippen molar-refractivity contribution in [1.82, 2.24) is 14.8 Å². The van der Waals surface area contributed by atoms with Crippen LogP contribution in [0.5, 0.6) is 17.2 Å². The van der Waals surface area contributed by atoms with Crippen LogP contribution in [0.15, 0.2) is 41.6 Å². The van der Waals surface area contributed by atoms with E-state index in [9.17, 15) is 4.79 Å². The van der Waals surface area contributed by atoms with Crippen molar-refractivity contribution in [2.45, 2.75) is 5.16 Å². The second-order valence-corrected chi connectivity index (χ2v) is 7.51. The van der Waals surface area contributed by atoms with Gasteiger partial charge in [0.15, 0.2) is 22.5 Å². The van der Waals surface area contributed by atoms with Gasteiger partial charge in [-0.2, -0.15) is 0 Å². The third-order valence-electron chi connectivity index (χ3n) is 4.20. The molecule has 0 fully saturated rings. The van der Waals surface area contributed by atoms with Crippen LogP contribution >= 0.6 is 23.4 Å². The van der Waals surface area contributed by atoms with Gasteiger partial charge in [-0.3, -0.25) is 4.79 Å². The molecule has 30 heavy (non-hydrogen) atoms. The van der Waals surface area contributed by atoms with Crippen LogP contribution in [-0.2, 0) is 11.8 Å². The maximum Gasteiger partial charge on any atom is 0.234 e.